The summed E-state index contributed by atoms with van der Waals surface area (Å²) in [4.78, 5) is 47.2. The lowest BCUT2D eigenvalue weighted by molar-refractivity contribution is -0.144. The number of carbonyl (C=O) groups is 3. The summed E-state index contributed by atoms with van der Waals surface area (Å²) in [5.74, 6) is -0.802. The lowest BCUT2D eigenvalue weighted by Crippen LogP contribution is -2.57. The van der Waals surface area contributed by atoms with Gasteiger partial charge in [0.2, 0.25) is 17.7 Å². The van der Waals surface area contributed by atoms with Crippen LogP contribution in [0.3, 0.4) is 0 Å². The van der Waals surface area contributed by atoms with Crippen LogP contribution in [0.5, 0.6) is 0 Å². The zero-order chi connectivity index (χ0) is 33.0. The van der Waals surface area contributed by atoms with Crippen LogP contribution in [-0.2, 0) is 14.4 Å². The Labute approximate surface area is 273 Å². The van der Waals surface area contributed by atoms with Crippen molar-refractivity contribution in [2.24, 2.45) is 11.1 Å². The summed E-state index contributed by atoms with van der Waals surface area (Å²) in [6, 6.07) is 6.11. The number of aryl methyl sites for hydroxylation is 1. The number of hydrogen-bond donors (Lipinski definition) is 4. The Kier molecular flexibility index (Phi) is 14.5. The van der Waals surface area contributed by atoms with Crippen molar-refractivity contribution in [3.8, 4) is 10.4 Å². The van der Waals surface area contributed by atoms with Gasteiger partial charge in [-0.05, 0) is 49.8 Å². The van der Waals surface area contributed by atoms with Crippen LogP contribution < -0.4 is 16.4 Å². The summed E-state index contributed by atoms with van der Waals surface area (Å²) in [5, 5.41) is 16.5. The first-order chi connectivity index (χ1) is 21.4. The summed E-state index contributed by atoms with van der Waals surface area (Å²) in [6.45, 7) is 10.4. The summed E-state index contributed by atoms with van der Waals surface area (Å²) in [7, 11) is 0. The van der Waals surface area contributed by atoms with Crippen LogP contribution in [-0.4, -0.2) is 64.0 Å². The summed E-state index contributed by atoms with van der Waals surface area (Å²) < 4.78 is 0. The molecule has 2 unspecified atom stereocenters. The molecule has 1 aromatic heterocycles. The number of aliphatic hydroxyl groups excluding tert-OH is 1. The van der Waals surface area contributed by atoms with E-state index in [9.17, 15) is 19.5 Å². The largest absolute Gasteiger partial charge is 0.391 e. The third-order valence-corrected chi connectivity index (χ3v) is 9.65. The maximum atomic E-state index is 13.9. The van der Waals surface area contributed by atoms with Crippen molar-refractivity contribution in [2.75, 3.05) is 13.1 Å². The summed E-state index contributed by atoms with van der Waals surface area (Å²) in [5.41, 5.74) is 9.80. The molecule has 1 fully saturated rings. The van der Waals surface area contributed by atoms with E-state index in [1.54, 1.807) is 11.3 Å². The summed E-state index contributed by atoms with van der Waals surface area (Å²) in [6.07, 6.45) is 9.74. The number of likely N-dealkylation sites (tertiary alicyclic amines) is 1. The number of nitrogens with two attached hydrogens (primary N) is 1. The third kappa shape index (κ3) is 11.2. The van der Waals surface area contributed by atoms with Gasteiger partial charge in [0.25, 0.3) is 0 Å². The number of β-amino-alcohol motifs (C(OH)–C–C–N with tert-alkyl or cyclic N) is 1. The minimum atomic E-state index is -0.814. The fraction of sp³-hybridized carbons (Fsp3) is 0.657. The third-order valence-electron chi connectivity index (χ3n) is 8.67. The Morgan fingerprint density at radius 2 is 1.60 bits per heavy atom. The maximum absolute atomic E-state index is 13.9. The van der Waals surface area contributed by atoms with E-state index in [4.69, 9.17) is 5.73 Å². The molecule has 4 atom stereocenters. The van der Waals surface area contributed by atoms with Gasteiger partial charge in [-0.1, -0.05) is 90.0 Å². The fourth-order valence-electron chi connectivity index (χ4n) is 5.92. The second-order valence-corrected chi connectivity index (χ2v) is 14.5. The van der Waals surface area contributed by atoms with Gasteiger partial charge in [-0.15, -0.1) is 11.3 Å². The van der Waals surface area contributed by atoms with E-state index in [-0.39, 0.29) is 36.7 Å². The Morgan fingerprint density at radius 1 is 1.00 bits per heavy atom. The average Bonchev–Trinajstić information content (AvgIpc) is 3.61. The van der Waals surface area contributed by atoms with Crippen molar-refractivity contribution >= 4 is 29.1 Å². The number of aromatic nitrogens is 1. The monoisotopic (exact) mass is 641 g/mol. The van der Waals surface area contributed by atoms with E-state index in [1.807, 2.05) is 64.4 Å². The van der Waals surface area contributed by atoms with Gasteiger partial charge in [0, 0.05) is 19.4 Å². The molecular weight excluding hydrogens is 586 g/mol. The van der Waals surface area contributed by atoms with Crippen LogP contribution in [0.15, 0.2) is 29.8 Å². The van der Waals surface area contributed by atoms with Crippen LogP contribution in [0.4, 0.5) is 0 Å². The number of amides is 3. The van der Waals surface area contributed by atoms with E-state index in [2.05, 4.69) is 15.6 Å². The molecule has 0 bridgehead atoms. The zero-order valence-corrected chi connectivity index (χ0v) is 28.8. The van der Waals surface area contributed by atoms with Crippen LogP contribution in [0.1, 0.15) is 116 Å². The highest BCUT2D eigenvalue weighted by molar-refractivity contribution is 7.13. The van der Waals surface area contributed by atoms with Gasteiger partial charge in [-0.25, -0.2) is 4.98 Å². The van der Waals surface area contributed by atoms with Crippen molar-refractivity contribution in [1.82, 2.24) is 20.5 Å². The van der Waals surface area contributed by atoms with Crippen molar-refractivity contribution in [1.29, 1.82) is 0 Å². The first kappa shape index (κ1) is 36.6. The van der Waals surface area contributed by atoms with Crippen LogP contribution >= 0.6 is 11.3 Å². The predicted octanol–water partition coefficient (Wildman–Crippen LogP) is 5.65. The van der Waals surface area contributed by atoms with Crippen LogP contribution in [0, 0.1) is 12.3 Å². The fourth-order valence-corrected chi connectivity index (χ4v) is 6.73. The number of thiazole rings is 1. The molecule has 0 radical (unpaired) electrons. The Balaban J connectivity index is 1.53. The molecule has 250 valence electrons. The molecule has 1 aliphatic heterocycles. The highest BCUT2D eigenvalue weighted by Gasteiger charge is 2.44. The van der Waals surface area contributed by atoms with Crippen LogP contribution in [0.25, 0.3) is 10.4 Å². The van der Waals surface area contributed by atoms with Gasteiger partial charge in [-0.3, -0.25) is 14.4 Å². The maximum Gasteiger partial charge on any atom is 0.246 e. The number of rotatable bonds is 17. The first-order valence-corrected chi connectivity index (χ1v) is 17.6. The second kappa shape index (κ2) is 17.8. The van der Waals surface area contributed by atoms with Gasteiger partial charge in [0.1, 0.15) is 12.1 Å². The molecule has 0 saturated carbocycles. The van der Waals surface area contributed by atoms with E-state index in [0.29, 0.717) is 6.42 Å². The molecule has 45 heavy (non-hydrogen) atoms. The van der Waals surface area contributed by atoms with Gasteiger partial charge in [0.15, 0.2) is 0 Å². The number of benzene rings is 1. The average molecular weight is 642 g/mol. The molecule has 0 aliphatic carbocycles. The number of aliphatic hydroxyl groups is 1. The SMILES string of the molecule is Cc1ncsc1-c1ccc(C(C)NC(=O)[C@@H]2C[C@@H](O)CN2C(=O)C(NC(=O)CCCCCCCCCCCN)C(C)(C)C)cc1. The van der Waals surface area contributed by atoms with E-state index < -0.39 is 23.6 Å². The minimum absolute atomic E-state index is 0.0584. The predicted molar refractivity (Wildman–Crippen MR) is 182 cm³/mol. The van der Waals surface area contributed by atoms with Gasteiger partial charge in [0.05, 0.1) is 28.2 Å². The van der Waals surface area contributed by atoms with Crippen molar-refractivity contribution in [3.05, 3.63) is 41.0 Å². The molecule has 1 saturated heterocycles. The topological polar surface area (TPSA) is 138 Å². The van der Waals surface area contributed by atoms with Crippen LogP contribution in [0.2, 0.25) is 0 Å². The molecule has 10 heteroatoms. The Bertz CT molecular complexity index is 1230. The first-order valence-electron chi connectivity index (χ1n) is 16.7. The second-order valence-electron chi connectivity index (χ2n) is 13.6. The smallest absolute Gasteiger partial charge is 0.246 e. The lowest BCUT2D eigenvalue weighted by Gasteiger charge is -2.35. The number of unbranched alkanes of at least 4 members (excludes halogenated alkanes) is 8. The highest BCUT2D eigenvalue weighted by Crippen LogP contribution is 2.29. The molecule has 0 spiro atoms. The number of nitrogens with one attached hydrogen (secondary N) is 2. The number of nitrogens with zero attached hydrogens (tertiary/aromatic N) is 2. The molecule has 5 N–H and O–H groups in total. The lowest BCUT2D eigenvalue weighted by atomic mass is 9.85. The highest BCUT2D eigenvalue weighted by atomic mass is 32.1. The van der Waals surface area contributed by atoms with E-state index >= 15 is 0 Å². The Hall–Kier alpha value is -2.82. The minimum Gasteiger partial charge on any atom is -0.391 e. The molecule has 9 nitrogen and oxygen atoms in total. The standard InChI is InChI=1S/C35H55N5O4S/c1-24(26-16-18-27(19-17-26)31-25(2)37-23-45-31)38-33(43)29-21-28(41)22-40(29)34(44)32(35(3,4)5)39-30(42)15-13-11-9-7-6-8-10-12-14-20-36/h16-19,23-24,28-29,32,41H,6-15,20-22,36H2,1-5H3,(H,38,43)(H,39,42)/t24?,28-,29+,32?/m1/s1. The molecule has 1 aromatic carbocycles. The van der Waals surface area contributed by atoms with E-state index in [1.165, 1.54) is 37.0 Å². The van der Waals surface area contributed by atoms with Gasteiger partial charge in [-0.2, -0.15) is 0 Å². The molecule has 2 aromatic rings. The Morgan fingerprint density at radius 3 is 2.16 bits per heavy atom. The molecule has 3 rings (SSSR count). The van der Waals surface area contributed by atoms with Crippen molar-refractivity contribution in [3.63, 3.8) is 0 Å². The molecular formula is C35H55N5O4S. The molecule has 1 aliphatic rings. The number of hydrogen-bond acceptors (Lipinski definition) is 7. The zero-order valence-electron chi connectivity index (χ0n) is 27.9. The van der Waals surface area contributed by atoms with Gasteiger partial charge < -0.3 is 26.4 Å². The quantitative estimate of drug-likeness (QED) is 0.165. The molecule has 3 amide bonds. The summed E-state index contributed by atoms with van der Waals surface area (Å²) >= 11 is 1.59. The van der Waals surface area contributed by atoms with Crippen molar-refractivity contribution in [2.45, 2.75) is 129 Å². The number of carbonyl (C=O) groups excluding carboxylic acids is 3. The van der Waals surface area contributed by atoms with Crippen molar-refractivity contribution < 1.29 is 19.5 Å². The van der Waals surface area contributed by atoms with Gasteiger partial charge >= 0.3 is 0 Å². The van der Waals surface area contributed by atoms with E-state index in [0.717, 1.165) is 53.9 Å². The normalized spacial score (nSPS) is 18.1. The molecule has 2 heterocycles.